The van der Waals surface area contributed by atoms with E-state index in [2.05, 4.69) is 10.0 Å². The van der Waals surface area contributed by atoms with Crippen molar-refractivity contribution < 1.29 is 17.9 Å². The minimum absolute atomic E-state index is 0.132. The summed E-state index contributed by atoms with van der Waals surface area (Å²) in [4.78, 5) is 12.2. The topological polar surface area (TPSA) is 84.5 Å². The van der Waals surface area contributed by atoms with Crippen LogP contribution in [0.3, 0.4) is 0 Å². The molecule has 2 N–H and O–H groups in total. The molecule has 134 valence electrons. The van der Waals surface area contributed by atoms with Gasteiger partial charge in [-0.15, -0.1) is 0 Å². The van der Waals surface area contributed by atoms with Crippen LogP contribution >= 0.6 is 0 Å². The highest BCUT2D eigenvalue weighted by Gasteiger charge is 2.16. The Hall–Kier alpha value is -2.38. The van der Waals surface area contributed by atoms with E-state index in [9.17, 15) is 13.2 Å². The van der Waals surface area contributed by atoms with Crippen molar-refractivity contribution in [1.29, 1.82) is 0 Å². The van der Waals surface area contributed by atoms with Gasteiger partial charge in [0.2, 0.25) is 15.9 Å². The van der Waals surface area contributed by atoms with E-state index >= 15 is 0 Å². The van der Waals surface area contributed by atoms with Gasteiger partial charge in [0.1, 0.15) is 5.75 Å². The van der Waals surface area contributed by atoms with Crippen LogP contribution in [0.2, 0.25) is 0 Å². The molecule has 0 aromatic heterocycles. The average Bonchev–Trinajstić information content (AvgIpc) is 2.62. The van der Waals surface area contributed by atoms with Gasteiger partial charge >= 0.3 is 0 Å². The van der Waals surface area contributed by atoms with Crippen molar-refractivity contribution in [2.45, 2.75) is 25.2 Å². The molecule has 0 saturated carbocycles. The lowest BCUT2D eigenvalue weighted by atomic mass is 10.2. The third-order valence-electron chi connectivity index (χ3n) is 3.53. The molecule has 2 rings (SSSR count). The molecule has 0 atom stereocenters. The van der Waals surface area contributed by atoms with E-state index in [0.29, 0.717) is 18.0 Å². The zero-order chi connectivity index (χ0) is 18.3. The Morgan fingerprint density at radius 2 is 1.72 bits per heavy atom. The van der Waals surface area contributed by atoms with E-state index in [4.69, 9.17) is 4.74 Å². The van der Waals surface area contributed by atoms with Crippen molar-refractivity contribution in [2.75, 3.05) is 18.5 Å². The fourth-order valence-electron chi connectivity index (χ4n) is 2.19. The molecule has 2 aromatic carbocycles. The van der Waals surface area contributed by atoms with Gasteiger partial charge in [0.05, 0.1) is 23.7 Å². The number of carbonyl (C=O) groups is 1. The Bertz CT molecular complexity index is 817. The first-order valence-electron chi connectivity index (χ1n) is 8.06. The van der Waals surface area contributed by atoms with Crippen LogP contribution in [0.15, 0.2) is 53.4 Å². The highest BCUT2D eigenvalue weighted by atomic mass is 32.2. The number of anilines is 1. The number of benzene rings is 2. The minimum Gasteiger partial charge on any atom is -0.492 e. The third kappa shape index (κ3) is 5.30. The maximum atomic E-state index is 12.2. The monoisotopic (exact) mass is 362 g/mol. The number of sulfonamides is 1. The van der Waals surface area contributed by atoms with Crippen molar-refractivity contribution in [3.8, 4) is 5.75 Å². The van der Waals surface area contributed by atoms with E-state index in [0.717, 1.165) is 12.0 Å². The van der Waals surface area contributed by atoms with Gasteiger partial charge in [-0.05, 0) is 43.2 Å². The van der Waals surface area contributed by atoms with E-state index in [1.165, 1.54) is 12.1 Å². The highest BCUT2D eigenvalue weighted by Crippen LogP contribution is 2.23. The van der Waals surface area contributed by atoms with Crippen LogP contribution in [0.1, 0.15) is 19.4 Å². The van der Waals surface area contributed by atoms with E-state index in [1.54, 1.807) is 36.4 Å². The molecular weight excluding hydrogens is 340 g/mol. The molecule has 0 saturated heterocycles. The van der Waals surface area contributed by atoms with Crippen LogP contribution in [0.25, 0.3) is 0 Å². The number of ether oxygens (including phenoxy) is 1. The number of rotatable bonds is 8. The molecule has 1 amide bonds. The van der Waals surface area contributed by atoms with E-state index in [-0.39, 0.29) is 11.4 Å². The molecule has 0 bridgehead atoms. The second-order valence-corrected chi connectivity index (χ2v) is 7.07. The molecule has 0 aliphatic carbocycles. The summed E-state index contributed by atoms with van der Waals surface area (Å²) in [5, 5.41) is 2.65. The van der Waals surface area contributed by atoms with Gasteiger partial charge in [0, 0.05) is 0 Å². The van der Waals surface area contributed by atoms with Crippen LogP contribution in [-0.4, -0.2) is 27.5 Å². The summed E-state index contributed by atoms with van der Waals surface area (Å²) in [7, 11) is -3.74. The molecule has 2 aromatic rings. The van der Waals surface area contributed by atoms with Crippen LogP contribution in [0.4, 0.5) is 5.69 Å². The van der Waals surface area contributed by atoms with Gasteiger partial charge in [-0.25, -0.2) is 13.1 Å². The molecule has 0 spiro atoms. The average molecular weight is 362 g/mol. The van der Waals surface area contributed by atoms with Gasteiger partial charge in [-0.2, -0.15) is 0 Å². The molecule has 0 aliphatic heterocycles. The number of hydrogen-bond acceptors (Lipinski definition) is 4. The second-order valence-electron chi connectivity index (χ2n) is 5.30. The molecule has 25 heavy (non-hydrogen) atoms. The van der Waals surface area contributed by atoms with Crippen molar-refractivity contribution in [2.24, 2.45) is 0 Å². The number of aryl methyl sites for hydroxylation is 1. The summed E-state index contributed by atoms with van der Waals surface area (Å²) in [5.74, 6) is 0.0669. The second kappa shape index (κ2) is 8.64. The Morgan fingerprint density at radius 1 is 1.04 bits per heavy atom. The van der Waals surface area contributed by atoms with Gasteiger partial charge < -0.3 is 10.1 Å². The predicted octanol–water partition coefficient (Wildman–Crippen LogP) is 2.56. The fraction of sp³-hybridized carbons (Fsp3) is 0.278. The molecule has 6 nitrogen and oxygen atoms in total. The molecule has 0 heterocycles. The summed E-state index contributed by atoms with van der Waals surface area (Å²) in [5.41, 5.74) is 1.55. The van der Waals surface area contributed by atoms with Crippen molar-refractivity contribution >= 4 is 21.6 Å². The van der Waals surface area contributed by atoms with E-state index in [1.807, 2.05) is 13.8 Å². The summed E-state index contributed by atoms with van der Waals surface area (Å²) in [6, 6.07) is 13.6. The number of para-hydroxylation sites is 2. The third-order valence-corrected chi connectivity index (χ3v) is 4.94. The van der Waals surface area contributed by atoms with Crippen LogP contribution < -0.4 is 14.8 Å². The molecular formula is C18H22N2O4S. The minimum atomic E-state index is -3.74. The number of hydrogen-bond donors (Lipinski definition) is 2. The number of amides is 1. The maximum Gasteiger partial charge on any atom is 0.241 e. The number of carbonyl (C=O) groups excluding carboxylic acids is 1. The number of nitrogens with one attached hydrogen (secondary N) is 2. The largest absolute Gasteiger partial charge is 0.492 e. The Labute approximate surface area is 148 Å². The zero-order valence-electron chi connectivity index (χ0n) is 14.3. The summed E-state index contributed by atoms with van der Waals surface area (Å²) in [6.45, 7) is 3.94. The van der Waals surface area contributed by atoms with Crippen LogP contribution in [-0.2, 0) is 21.2 Å². The van der Waals surface area contributed by atoms with Crippen molar-refractivity contribution in [3.63, 3.8) is 0 Å². The Kier molecular flexibility index (Phi) is 6.55. The zero-order valence-corrected chi connectivity index (χ0v) is 15.1. The van der Waals surface area contributed by atoms with Crippen molar-refractivity contribution in [1.82, 2.24) is 4.72 Å². The maximum absolute atomic E-state index is 12.2. The van der Waals surface area contributed by atoms with Gasteiger partial charge in [-0.3, -0.25) is 4.79 Å². The lowest BCUT2D eigenvalue weighted by molar-refractivity contribution is -0.115. The standard InChI is InChI=1S/C18H22N2O4S/c1-3-14-9-11-15(12-10-14)25(22,23)19-13-18(21)20-16-7-5-6-8-17(16)24-4-2/h5-12,19H,3-4,13H2,1-2H3,(H,20,21). The molecule has 0 radical (unpaired) electrons. The Morgan fingerprint density at radius 3 is 2.36 bits per heavy atom. The van der Waals surface area contributed by atoms with Gasteiger partial charge in [0.25, 0.3) is 0 Å². The fourth-order valence-corrected chi connectivity index (χ4v) is 3.18. The van der Waals surface area contributed by atoms with E-state index < -0.39 is 15.9 Å². The van der Waals surface area contributed by atoms with Crippen LogP contribution in [0, 0.1) is 0 Å². The normalized spacial score (nSPS) is 11.1. The first-order valence-corrected chi connectivity index (χ1v) is 9.55. The first kappa shape index (κ1) is 19.0. The lowest BCUT2D eigenvalue weighted by Gasteiger charge is -2.12. The first-order chi connectivity index (χ1) is 12.0. The molecule has 0 aliphatic rings. The molecule has 7 heteroatoms. The van der Waals surface area contributed by atoms with Gasteiger partial charge in [-0.1, -0.05) is 31.2 Å². The summed E-state index contributed by atoms with van der Waals surface area (Å²) < 4.78 is 32.2. The predicted molar refractivity (Wildman–Crippen MR) is 97.2 cm³/mol. The van der Waals surface area contributed by atoms with Crippen molar-refractivity contribution in [3.05, 3.63) is 54.1 Å². The van der Waals surface area contributed by atoms with Crippen LogP contribution in [0.5, 0.6) is 5.75 Å². The smallest absolute Gasteiger partial charge is 0.241 e. The highest BCUT2D eigenvalue weighted by molar-refractivity contribution is 7.89. The SMILES string of the molecule is CCOc1ccccc1NC(=O)CNS(=O)(=O)c1ccc(CC)cc1. The molecule has 0 fully saturated rings. The van der Waals surface area contributed by atoms with Gasteiger partial charge in [0.15, 0.2) is 0 Å². The lowest BCUT2D eigenvalue weighted by Crippen LogP contribution is -2.33. The molecule has 0 unspecified atom stereocenters. The quantitative estimate of drug-likeness (QED) is 0.756. The summed E-state index contributed by atoms with van der Waals surface area (Å²) >= 11 is 0. The summed E-state index contributed by atoms with van der Waals surface area (Å²) in [6.07, 6.45) is 0.829. The Balaban J connectivity index is 1.99.